The summed E-state index contributed by atoms with van der Waals surface area (Å²) in [4.78, 5) is 12.8. The Kier molecular flexibility index (Phi) is 3.27. The highest BCUT2D eigenvalue weighted by atomic mass is 35.5. The molecule has 0 spiro atoms. The Bertz CT molecular complexity index is 704. The molecule has 20 heavy (non-hydrogen) atoms. The summed E-state index contributed by atoms with van der Waals surface area (Å²) in [5.74, 6) is 0.669. The largest absolute Gasteiger partial charge is 0.492 e. The standard InChI is InChI=1S/C17H15ClO2/c1-10-3-4-14(11(2)7-10)16(19)15-9-13(18)8-12-5-6-20-17(12)15/h3-4,7-9H,5-6H2,1-2H3. The second kappa shape index (κ2) is 4.95. The van der Waals surface area contributed by atoms with Crippen LogP contribution in [0.5, 0.6) is 5.75 Å². The van der Waals surface area contributed by atoms with Crippen molar-refractivity contribution in [1.29, 1.82) is 0 Å². The average molecular weight is 287 g/mol. The van der Waals surface area contributed by atoms with E-state index in [0.717, 1.165) is 23.1 Å². The zero-order valence-corrected chi connectivity index (χ0v) is 12.3. The molecule has 0 fully saturated rings. The Morgan fingerprint density at radius 2 is 1.95 bits per heavy atom. The van der Waals surface area contributed by atoms with Gasteiger partial charge in [0.05, 0.1) is 12.2 Å². The number of carbonyl (C=O) groups is 1. The van der Waals surface area contributed by atoms with Gasteiger partial charge in [-0.15, -0.1) is 0 Å². The van der Waals surface area contributed by atoms with Crippen LogP contribution in [0.2, 0.25) is 5.02 Å². The molecule has 2 nitrogen and oxygen atoms in total. The van der Waals surface area contributed by atoms with Gasteiger partial charge in [0.25, 0.3) is 0 Å². The number of fused-ring (bicyclic) bond motifs is 1. The van der Waals surface area contributed by atoms with Crippen LogP contribution >= 0.6 is 11.6 Å². The molecule has 3 rings (SSSR count). The van der Waals surface area contributed by atoms with E-state index in [1.807, 2.05) is 38.1 Å². The molecule has 0 unspecified atom stereocenters. The highest BCUT2D eigenvalue weighted by molar-refractivity contribution is 6.31. The van der Waals surface area contributed by atoms with Crippen molar-refractivity contribution in [3.05, 3.63) is 63.2 Å². The molecule has 0 aliphatic carbocycles. The third kappa shape index (κ3) is 2.20. The second-order valence-corrected chi connectivity index (χ2v) is 5.62. The van der Waals surface area contributed by atoms with E-state index in [1.165, 1.54) is 0 Å². The van der Waals surface area contributed by atoms with Gasteiger partial charge >= 0.3 is 0 Å². The maximum Gasteiger partial charge on any atom is 0.197 e. The van der Waals surface area contributed by atoms with Crippen LogP contribution in [0.15, 0.2) is 30.3 Å². The smallest absolute Gasteiger partial charge is 0.197 e. The Labute approximate surface area is 123 Å². The molecule has 102 valence electrons. The van der Waals surface area contributed by atoms with Gasteiger partial charge in [-0.3, -0.25) is 4.79 Å². The monoisotopic (exact) mass is 286 g/mol. The molecule has 3 heteroatoms. The summed E-state index contributed by atoms with van der Waals surface area (Å²) in [5, 5.41) is 0.586. The van der Waals surface area contributed by atoms with Gasteiger partial charge in [-0.2, -0.15) is 0 Å². The number of hydrogen-bond acceptors (Lipinski definition) is 2. The van der Waals surface area contributed by atoms with E-state index < -0.39 is 0 Å². The van der Waals surface area contributed by atoms with Crippen LogP contribution in [0.3, 0.4) is 0 Å². The van der Waals surface area contributed by atoms with Crippen LogP contribution in [0.1, 0.15) is 32.6 Å². The molecule has 0 saturated carbocycles. The minimum absolute atomic E-state index is 0.0249. The summed E-state index contributed by atoms with van der Waals surface area (Å²) in [6.07, 6.45) is 0.809. The lowest BCUT2D eigenvalue weighted by Gasteiger charge is -2.10. The average Bonchev–Trinajstić information content (AvgIpc) is 2.85. The molecule has 1 aliphatic heterocycles. The molecular formula is C17H15ClO2. The zero-order valence-electron chi connectivity index (χ0n) is 11.5. The summed E-state index contributed by atoms with van der Waals surface area (Å²) in [6.45, 7) is 4.58. The first-order chi connectivity index (χ1) is 9.56. The van der Waals surface area contributed by atoms with Crippen LogP contribution < -0.4 is 4.74 Å². The van der Waals surface area contributed by atoms with Gasteiger partial charge in [-0.25, -0.2) is 0 Å². The van der Waals surface area contributed by atoms with Gasteiger partial charge in [-0.1, -0.05) is 35.4 Å². The van der Waals surface area contributed by atoms with E-state index in [1.54, 1.807) is 6.07 Å². The molecule has 0 amide bonds. The fourth-order valence-electron chi connectivity index (χ4n) is 2.65. The minimum atomic E-state index is -0.0249. The highest BCUT2D eigenvalue weighted by Crippen LogP contribution is 2.34. The highest BCUT2D eigenvalue weighted by Gasteiger charge is 2.23. The van der Waals surface area contributed by atoms with E-state index in [4.69, 9.17) is 16.3 Å². The van der Waals surface area contributed by atoms with E-state index in [9.17, 15) is 4.79 Å². The number of ketones is 1. The van der Waals surface area contributed by atoms with Gasteiger partial charge in [0.2, 0.25) is 0 Å². The first-order valence-electron chi connectivity index (χ1n) is 6.63. The summed E-state index contributed by atoms with van der Waals surface area (Å²) < 4.78 is 5.61. The molecule has 2 aromatic carbocycles. The molecular weight excluding hydrogens is 272 g/mol. The molecule has 0 N–H and O–H groups in total. The molecule has 1 aliphatic rings. The Balaban J connectivity index is 2.11. The van der Waals surface area contributed by atoms with Gasteiger partial charge < -0.3 is 4.74 Å². The third-order valence-corrected chi connectivity index (χ3v) is 3.84. The number of hydrogen-bond donors (Lipinski definition) is 0. The van der Waals surface area contributed by atoms with Crippen molar-refractivity contribution >= 4 is 17.4 Å². The molecule has 2 aromatic rings. The third-order valence-electron chi connectivity index (χ3n) is 3.62. The fourth-order valence-corrected chi connectivity index (χ4v) is 2.89. The number of benzene rings is 2. The van der Waals surface area contributed by atoms with Crippen molar-refractivity contribution in [3.63, 3.8) is 0 Å². The Morgan fingerprint density at radius 1 is 1.15 bits per heavy atom. The Hall–Kier alpha value is -1.80. The normalized spacial score (nSPS) is 12.9. The van der Waals surface area contributed by atoms with Crippen molar-refractivity contribution in [2.45, 2.75) is 20.3 Å². The van der Waals surface area contributed by atoms with E-state index in [2.05, 4.69) is 0 Å². The first kappa shape index (κ1) is 13.2. The fraction of sp³-hybridized carbons (Fsp3) is 0.235. The molecule has 0 saturated heterocycles. The second-order valence-electron chi connectivity index (χ2n) is 5.19. The predicted molar refractivity (Wildman–Crippen MR) is 80.0 cm³/mol. The van der Waals surface area contributed by atoms with Gasteiger partial charge in [0.1, 0.15) is 5.75 Å². The lowest BCUT2D eigenvalue weighted by molar-refractivity contribution is 0.103. The van der Waals surface area contributed by atoms with Crippen molar-refractivity contribution in [2.75, 3.05) is 6.61 Å². The number of aryl methyl sites for hydroxylation is 2. The number of rotatable bonds is 2. The van der Waals surface area contributed by atoms with Gasteiger partial charge in [0.15, 0.2) is 5.78 Å². The molecule has 0 bridgehead atoms. The molecule has 1 heterocycles. The van der Waals surface area contributed by atoms with Gasteiger partial charge in [0, 0.05) is 17.0 Å². The summed E-state index contributed by atoms with van der Waals surface area (Å²) >= 11 is 6.12. The zero-order chi connectivity index (χ0) is 14.3. The lowest BCUT2D eigenvalue weighted by Crippen LogP contribution is -2.06. The predicted octanol–water partition coefficient (Wildman–Crippen LogP) is 4.12. The SMILES string of the molecule is Cc1ccc(C(=O)c2cc(Cl)cc3c2OCC3)c(C)c1. The van der Waals surface area contributed by atoms with Crippen molar-refractivity contribution < 1.29 is 9.53 Å². The number of carbonyl (C=O) groups excluding carboxylic acids is 1. The van der Waals surface area contributed by atoms with Crippen molar-refractivity contribution in [1.82, 2.24) is 0 Å². The van der Waals surface area contributed by atoms with E-state index in [0.29, 0.717) is 28.5 Å². The van der Waals surface area contributed by atoms with Crippen LogP contribution in [-0.4, -0.2) is 12.4 Å². The Morgan fingerprint density at radius 3 is 2.70 bits per heavy atom. The molecule has 0 atom stereocenters. The summed E-state index contributed by atoms with van der Waals surface area (Å²) in [5.41, 5.74) is 4.41. The number of ether oxygens (including phenoxy) is 1. The van der Waals surface area contributed by atoms with Crippen LogP contribution in [-0.2, 0) is 6.42 Å². The topological polar surface area (TPSA) is 26.3 Å². The first-order valence-corrected chi connectivity index (χ1v) is 7.01. The maximum atomic E-state index is 12.8. The van der Waals surface area contributed by atoms with Crippen LogP contribution in [0, 0.1) is 13.8 Å². The van der Waals surface area contributed by atoms with Gasteiger partial charge in [-0.05, 0) is 37.1 Å². The van der Waals surface area contributed by atoms with E-state index >= 15 is 0 Å². The van der Waals surface area contributed by atoms with Crippen molar-refractivity contribution in [3.8, 4) is 5.75 Å². The lowest BCUT2D eigenvalue weighted by atomic mass is 9.95. The van der Waals surface area contributed by atoms with Crippen molar-refractivity contribution in [2.24, 2.45) is 0 Å². The van der Waals surface area contributed by atoms with E-state index in [-0.39, 0.29) is 5.78 Å². The van der Waals surface area contributed by atoms with Crippen LogP contribution in [0.25, 0.3) is 0 Å². The molecule has 0 radical (unpaired) electrons. The minimum Gasteiger partial charge on any atom is -0.492 e. The quantitative estimate of drug-likeness (QED) is 0.776. The maximum absolute atomic E-state index is 12.8. The number of halogens is 1. The summed E-state index contributed by atoms with van der Waals surface area (Å²) in [6, 6.07) is 9.41. The molecule has 0 aromatic heterocycles. The van der Waals surface area contributed by atoms with Crippen LogP contribution in [0.4, 0.5) is 0 Å². The summed E-state index contributed by atoms with van der Waals surface area (Å²) in [7, 11) is 0.